The third-order valence-electron chi connectivity index (χ3n) is 1.49. The normalized spacial score (nSPS) is 9.64. The van der Waals surface area contributed by atoms with Crippen molar-refractivity contribution in [2.75, 3.05) is 14.2 Å². The van der Waals surface area contributed by atoms with Crippen LogP contribution < -0.4 is 0 Å². The molecule has 7 heteroatoms. The molecular weight excluding hydrogens is 256 g/mol. The fourth-order valence-corrected chi connectivity index (χ4v) is 1.29. The number of esters is 2. The molecule has 1 aromatic rings. The number of hydrogen-bond acceptors (Lipinski definition) is 5. The average molecular weight is 263 g/mol. The van der Waals surface area contributed by atoms with Crippen LogP contribution in [0.1, 0.15) is 20.8 Å². The highest BCUT2D eigenvalue weighted by Gasteiger charge is 2.25. The fraction of sp³-hybridized carbons (Fsp3) is 0.286. The van der Waals surface area contributed by atoms with E-state index in [1.165, 1.54) is 14.2 Å². The van der Waals surface area contributed by atoms with E-state index in [2.05, 4.69) is 35.6 Å². The van der Waals surface area contributed by atoms with E-state index in [1.54, 1.807) is 0 Å². The van der Waals surface area contributed by atoms with Crippen LogP contribution in [0.15, 0.2) is 4.60 Å². The Morgan fingerprint density at radius 2 is 1.86 bits per heavy atom. The second kappa shape index (κ2) is 4.23. The zero-order valence-corrected chi connectivity index (χ0v) is 9.04. The molecule has 1 N–H and O–H groups in total. The summed E-state index contributed by atoms with van der Waals surface area (Å²) in [6.07, 6.45) is 0. The molecule has 0 aliphatic carbocycles. The molecule has 1 aromatic heterocycles. The largest absolute Gasteiger partial charge is 0.465 e. The van der Waals surface area contributed by atoms with Gasteiger partial charge in [-0.3, -0.25) is 5.10 Å². The van der Waals surface area contributed by atoms with Gasteiger partial charge in [-0.1, -0.05) is 0 Å². The Morgan fingerprint density at radius 1 is 1.29 bits per heavy atom. The topological polar surface area (TPSA) is 81.3 Å². The molecule has 76 valence electrons. The number of ether oxygens (including phenoxy) is 2. The zero-order chi connectivity index (χ0) is 10.7. The molecule has 0 aliphatic heterocycles. The van der Waals surface area contributed by atoms with Crippen LogP contribution >= 0.6 is 15.9 Å². The molecule has 1 heterocycles. The van der Waals surface area contributed by atoms with Crippen LogP contribution in [0, 0.1) is 0 Å². The standard InChI is InChI=1S/C7H7BrN2O4/c1-13-6(11)3-4(7(12)14-2)9-10-5(3)8/h1-2H3,(H,9,10). The smallest absolute Gasteiger partial charge is 0.359 e. The molecule has 0 spiro atoms. The number of methoxy groups -OCH3 is 2. The minimum Gasteiger partial charge on any atom is -0.465 e. The van der Waals surface area contributed by atoms with Crippen LogP contribution in [0.3, 0.4) is 0 Å². The highest BCUT2D eigenvalue weighted by Crippen LogP contribution is 2.18. The predicted octanol–water partition coefficient (Wildman–Crippen LogP) is 0.745. The van der Waals surface area contributed by atoms with Crippen molar-refractivity contribution in [2.45, 2.75) is 0 Å². The van der Waals surface area contributed by atoms with Crippen LogP contribution in [0.25, 0.3) is 0 Å². The van der Waals surface area contributed by atoms with Gasteiger partial charge >= 0.3 is 11.9 Å². The minimum absolute atomic E-state index is 0.0272. The Labute approximate surface area is 87.7 Å². The number of halogens is 1. The molecule has 6 nitrogen and oxygen atoms in total. The van der Waals surface area contributed by atoms with Gasteiger partial charge in [0.2, 0.25) is 0 Å². The lowest BCUT2D eigenvalue weighted by Gasteiger charge is -1.98. The van der Waals surface area contributed by atoms with Crippen molar-refractivity contribution in [1.29, 1.82) is 0 Å². The van der Waals surface area contributed by atoms with Gasteiger partial charge in [0.15, 0.2) is 5.69 Å². The zero-order valence-electron chi connectivity index (χ0n) is 7.46. The molecule has 0 saturated carbocycles. The highest BCUT2D eigenvalue weighted by molar-refractivity contribution is 9.10. The summed E-state index contributed by atoms with van der Waals surface area (Å²) in [6, 6.07) is 0. The van der Waals surface area contributed by atoms with E-state index < -0.39 is 11.9 Å². The number of rotatable bonds is 2. The number of nitrogens with zero attached hydrogens (tertiary/aromatic N) is 1. The van der Waals surface area contributed by atoms with E-state index in [9.17, 15) is 9.59 Å². The van der Waals surface area contributed by atoms with E-state index in [0.717, 1.165) is 0 Å². The molecule has 0 bridgehead atoms. The summed E-state index contributed by atoms with van der Waals surface area (Å²) in [5, 5.41) is 6.04. The van der Waals surface area contributed by atoms with Gasteiger partial charge in [0.25, 0.3) is 0 Å². The first-order valence-electron chi connectivity index (χ1n) is 3.52. The van der Waals surface area contributed by atoms with Crippen LogP contribution in [-0.2, 0) is 9.47 Å². The molecule has 0 aromatic carbocycles. The molecule has 1 rings (SSSR count). The molecule has 0 amide bonds. The van der Waals surface area contributed by atoms with Gasteiger partial charge in [-0.25, -0.2) is 9.59 Å². The lowest BCUT2D eigenvalue weighted by Crippen LogP contribution is -2.10. The van der Waals surface area contributed by atoms with E-state index in [-0.39, 0.29) is 15.9 Å². The third kappa shape index (κ3) is 1.77. The van der Waals surface area contributed by atoms with Crippen LogP contribution in [0.5, 0.6) is 0 Å². The van der Waals surface area contributed by atoms with Gasteiger partial charge in [0.05, 0.1) is 14.2 Å². The van der Waals surface area contributed by atoms with Crippen molar-refractivity contribution in [3.8, 4) is 0 Å². The van der Waals surface area contributed by atoms with Crippen LogP contribution in [0.4, 0.5) is 0 Å². The Kier molecular flexibility index (Phi) is 3.23. The van der Waals surface area contributed by atoms with Gasteiger partial charge in [-0.15, -0.1) is 0 Å². The molecule has 0 aliphatic rings. The van der Waals surface area contributed by atoms with E-state index in [1.807, 2.05) is 0 Å². The summed E-state index contributed by atoms with van der Waals surface area (Å²) in [5.41, 5.74) is -0.0782. The summed E-state index contributed by atoms with van der Waals surface area (Å²) in [5.74, 6) is -1.36. The van der Waals surface area contributed by atoms with Crippen molar-refractivity contribution in [3.05, 3.63) is 15.9 Å². The Morgan fingerprint density at radius 3 is 2.36 bits per heavy atom. The van der Waals surface area contributed by atoms with Gasteiger partial charge in [0, 0.05) is 0 Å². The second-order valence-electron chi connectivity index (χ2n) is 2.24. The predicted molar refractivity (Wildman–Crippen MR) is 49.0 cm³/mol. The summed E-state index contributed by atoms with van der Waals surface area (Å²) in [4.78, 5) is 22.4. The lowest BCUT2D eigenvalue weighted by atomic mass is 10.2. The fourth-order valence-electron chi connectivity index (χ4n) is 0.853. The first kappa shape index (κ1) is 10.7. The first-order valence-corrected chi connectivity index (χ1v) is 4.31. The van der Waals surface area contributed by atoms with E-state index in [4.69, 9.17) is 0 Å². The van der Waals surface area contributed by atoms with Gasteiger partial charge in [-0.2, -0.15) is 5.10 Å². The van der Waals surface area contributed by atoms with Crippen molar-refractivity contribution >= 4 is 27.9 Å². The molecule has 0 radical (unpaired) electrons. The van der Waals surface area contributed by atoms with Gasteiger partial charge in [-0.05, 0) is 15.9 Å². The number of aromatic amines is 1. The minimum atomic E-state index is -0.702. The average Bonchev–Trinajstić information content (AvgIpc) is 2.58. The Balaban J connectivity index is 3.19. The van der Waals surface area contributed by atoms with Crippen molar-refractivity contribution in [3.63, 3.8) is 0 Å². The Hall–Kier alpha value is -1.37. The molecule has 0 atom stereocenters. The Bertz CT molecular complexity index is 374. The van der Waals surface area contributed by atoms with E-state index >= 15 is 0 Å². The summed E-state index contributed by atoms with van der Waals surface area (Å²) in [7, 11) is 2.41. The van der Waals surface area contributed by atoms with Crippen molar-refractivity contribution < 1.29 is 19.1 Å². The first-order chi connectivity index (χ1) is 6.61. The number of aromatic nitrogens is 2. The highest BCUT2D eigenvalue weighted by atomic mass is 79.9. The number of nitrogens with one attached hydrogen (secondary N) is 1. The van der Waals surface area contributed by atoms with Gasteiger partial charge in [0.1, 0.15) is 10.2 Å². The number of hydrogen-bond donors (Lipinski definition) is 1. The number of H-pyrrole nitrogens is 1. The summed E-state index contributed by atoms with van der Waals surface area (Å²) in [6.45, 7) is 0. The second-order valence-corrected chi connectivity index (χ2v) is 3.04. The maximum absolute atomic E-state index is 11.2. The maximum atomic E-state index is 11.2. The summed E-state index contributed by atoms with van der Waals surface area (Å²) < 4.78 is 9.19. The maximum Gasteiger partial charge on any atom is 0.359 e. The lowest BCUT2D eigenvalue weighted by molar-refractivity contribution is 0.0551. The molecule has 14 heavy (non-hydrogen) atoms. The third-order valence-corrected chi connectivity index (χ3v) is 2.06. The monoisotopic (exact) mass is 262 g/mol. The number of carbonyl (C=O) groups excluding carboxylic acids is 2. The van der Waals surface area contributed by atoms with E-state index in [0.29, 0.717) is 0 Å². The van der Waals surface area contributed by atoms with Crippen molar-refractivity contribution in [1.82, 2.24) is 10.2 Å². The molecule has 0 unspecified atom stereocenters. The van der Waals surface area contributed by atoms with Crippen LogP contribution in [0.2, 0.25) is 0 Å². The van der Waals surface area contributed by atoms with Gasteiger partial charge < -0.3 is 9.47 Å². The van der Waals surface area contributed by atoms with Crippen LogP contribution in [-0.4, -0.2) is 36.4 Å². The molecule has 0 saturated heterocycles. The van der Waals surface area contributed by atoms with Crippen molar-refractivity contribution in [2.24, 2.45) is 0 Å². The molecule has 0 fully saturated rings. The SMILES string of the molecule is COC(=O)c1n[nH]c(Br)c1C(=O)OC. The summed E-state index contributed by atoms with van der Waals surface area (Å²) >= 11 is 3.03. The number of carbonyl (C=O) groups is 2. The molecular formula is C7H7BrN2O4. The quantitative estimate of drug-likeness (QED) is 0.796.